The fourth-order valence-electron chi connectivity index (χ4n) is 6.89. The number of benzene rings is 3. The van der Waals surface area contributed by atoms with Gasteiger partial charge >= 0.3 is 23.9 Å². The number of nitrogens with zero attached hydrogens (tertiary/aromatic N) is 2. The van der Waals surface area contributed by atoms with Crippen molar-refractivity contribution in [3.63, 3.8) is 0 Å². The predicted molar refractivity (Wildman–Crippen MR) is 202 cm³/mol. The minimum atomic E-state index is -1.26. The SMILES string of the molecule is COCCOC(=O)C1=C(C)NC(C)=C(C(=O)OCCN2CCC(c3ccccc3)(c3ccccc3)CC2)C1c1cccc([N+](=O)[O-])c1.O=C(O)C=CC(=O)O. The molecule has 3 aromatic carbocycles. The largest absolute Gasteiger partial charge is 0.478 e. The lowest BCUT2D eigenvalue weighted by atomic mass is 9.68. The molecule has 3 aromatic rings. The molecule has 2 heterocycles. The van der Waals surface area contributed by atoms with E-state index in [0.717, 1.165) is 25.9 Å². The molecular weight excluding hydrogens is 710 g/mol. The monoisotopic (exact) mass is 755 g/mol. The van der Waals surface area contributed by atoms with Gasteiger partial charge in [-0.1, -0.05) is 72.8 Å². The minimum absolute atomic E-state index is 0.0158. The Morgan fingerprint density at radius 3 is 1.78 bits per heavy atom. The molecule has 2 aliphatic rings. The quantitative estimate of drug-likeness (QED) is 0.0627. The van der Waals surface area contributed by atoms with Crippen molar-refractivity contribution in [2.45, 2.75) is 38.0 Å². The van der Waals surface area contributed by atoms with Gasteiger partial charge in [0.05, 0.1) is 28.6 Å². The maximum atomic E-state index is 13.8. The Morgan fingerprint density at radius 2 is 1.31 bits per heavy atom. The summed E-state index contributed by atoms with van der Waals surface area (Å²) < 4.78 is 16.3. The van der Waals surface area contributed by atoms with Crippen LogP contribution in [-0.4, -0.2) is 90.5 Å². The second-order valence-electron chi connectivity index (χ2n) is 12.9. The first kappa shape index (κ1) is 41.6. The zero-order valence-electron chi connectivity index (χ0n) is 30.9. The van der Waals surface area contributed by atoms with Crippen LogP contribution in [0.3, 0.4) is 0 Å². The van der Waals surface area contributed by atoms with Gasteiger partial charge in [-0.25, -0.2) is 19.2 Å². The summed E-state index contributed by atoms with van der Waals surface area (Å²) in [4.78, 5) is 59.7. The average Bonchev–Trinajstić information content (AvgIpc) is 3.18. The fraction of sp³-hybridized carbons (Fsp3) is 0.317. The number of hydrogen-bond donors (Lipinski definition) is 3. The number of dihydropyridines is 1. The number of ether oxygens (including phenoxy) is 3. The predicted octanol–water partition coefficient (Wildman–Crippen LogP) is 5.36. The van der Waals surface area contributed by atoms with E-state index in [1.807, 2.05) is 12.1 Å². The fourth-order valence-corrected chi connectivity index (χ4v) is 6.89. The summed E-state index contributed by atoms with van der Waals surface area (Å²) in [5.41, 5.74) is 4.18. The number of likely N-dealkylation sites (tertiary alicyclic amines) is 1. The number of hydrogen-bond acceptors (Lipinski definition) is 11. The Morgan fingerprint density at radius 1 is 0.800 bits per heavy atom. The van der Waals surface area contributed by atoms with E-state index in [9.17, 15) is 29.3 Å². The van der Waals surface area contributed by atoms with E-state index in [1.165, 1.54) is 36.4 Å². The Labute approximate surface area is 318 Å². The number of allylic oxidation sites excluding steroid dienone is 2. The first-order chi connectivity index (χ1) is 26.4. The summed E-state index contributed by atoms with van der Waals surface area (Å²) in [5, 5.41) is 30.4. The van der Waals surface area contributed by atoms with Crippen molar-refractivity contribution in [2.75, 3.05) is 46.6 Å². The van der Waals surface area contributed by atoms with Gasteiger partial charge in [0, 0.05) is 54.7 Å². The molecule has 0 aromatic heterocycles. The zero-order chi connectivity index (χ0) is 40.0. The number of aliphatic carboxylic acids is 2. The molecule has 0 radical (unpaired) electrons. The molecule has 1 fully saturated rings. The van der Waals surface area contributed by atoms with Crippen molar-refractivity contribution in [1.29, 1.82) is 0 Å². The molecule has 55 heavy (non-hydrogen) atoms. The van der Waals surface area contributed by atoms with Crippen molar-refractivity contribution in [1.82, 2.24) is 10.2 Å². The molecule has 290 valence electrons. The minimum Gasteiger partial charge on any atom is -0.478 e. The first-order valence-corrected chi connectivity index (χ1v) is 17.6. The van der Waals surface area contributed by atoms with Crippen LogP contribution in [-0.2, 0) is 38.8 Å². The van der Waals surface area contributed by atoms with E-state index in [0.29, 0.717) is 35.7 Å². The molecule has 0 saturated carbocycles. The number of nitro groups is 1. The summed E-state index contributed by atoms with van der Waals surface area (Å²) in [6.07, 6.45) is 2.97. The molecule has 0 aliphatic carbocycles. The van der Waals surface area contributed by atoms with Gasteiger partial charge in [0.15, 0.2) is 0 Å². The number of carbonyl (C=O) groups excluding carboxylic acids is 2. The number of nitrogens with one attached hydrogen (secondary N) is 1. The maximum Gasteiger partial charge on any atom is 0.336 e. The zero-order valence-corrected chi connectivity index (χ0v) is 30.9. The molecular formula is C41H45N3O11. The molecule has 2 aliphatic heterocycles. The molecule has 1 saturated heterocycles. The maximum absolute atomic E-state index is 13.8. The van der Waals surface area contributed by atoms with E-state index < -0.39 is 34.7 Å². The number of carboxylic acids is 2. The van der Waals surface area contributed by atoms with E-state index in [-0.39, 0.29) is 42.1 Å². The van der Waals surface area contributed by atoms with Gasteiger partial charge in [-0.05, 0) is 56.5 Å². The molecule has 1 unspecified atom stereocenters. The lowest BCUT2D eigenvalue weighted by Crippen LogP contribution is -2.44. The van der Waals surface area contributed by atoms with Gasteiger partial charge in [-0.15, -0.1) is 0 Å². The third kappa shape index (κ3) is 11.0. The topological polar surface area (TPSA) is 195 Å². The number of rotatable bonds is 14. The van der Waals surface area contributed by atoms with E-state index in [4.69, 9.17) is 24.4 Å². The van der Waals surface area contributed by atoms with Crippen LogP contribution in [0.1, 0.15) is 49.3 Å². The summed E-state index contributed by atoms with van der Waals surface area (Å²) in [7, 11) is 1.50. The van der Waals surface area contributed by atoms with Crippen molar-refractivity contribution in [3.8, 4) is 0 Å². The Hall–Kier alpha value is -6.12. The number of methoxy groups -OCH3 is 1. The molecule has 3 N–H and O–H groups in total. The van der Waals surface area contributed by atoms with Gasteiger partial charge in [0.1, 0.15) is 13.2 Å². The van der Waals surface area contributed by atoms with Crippen LogP contribution < -0.4 is 5.32 Å². The van der Waals surface area contributed by atoms with Crippen LogP contribution in [0.2, 0.25) is 0 Å². The molecule has 14 nitrogen and oxygen atoms in total. The summed E-state index contributed by atoms with van der Waals surface area (Å²) in [6, 6.07) is 27.2. The number of piperidine rings is 1. The third-order valence-electron chi connectivity index (χ3n) is 9.51. The second-order valence-corrected chi connectivity index (χ2v) is 12.9. The highest BCUT2D eigenvalue weighted by molar-refractivity contribution is 6.00. The van der Waals surface area contributed by atoms with Crippen LogP contribution in [0.15, 0.2) is 120 Å². The smallest absolute Gasteiger partial charge is 0.336 e. The Balaban J connectivity index is 0.000000757. The number of carboxylic acid groups (broad SMARTS) is 2. The van der Waals surface area contributed by atoms with Gasteiger partial charge in [-0.3, -0.25) is 15.0 Å². The van der Waals surface area contributed by atoms with Gasteiger partial charge in [0.25, 0.3) is 5.69 Å². The Kier molecular flexibility index (Phi) is 15.0. The summed E-state index contributed by atoms with van der Waals surface area (Å²) in [5.74, 6) is -4.68. The number of nitro benzene ring substituents is 1. The van der Waals surface area contributed by atoms with Crippen LogP contribution in [0.25, 0.3) is 0 Å². The Bertz CT molecular complexity index is 1880. The van der Waals surface area contributed by atoms with Gasteiger partial charge < -0.3 is 29.7 Å². The van der Waals surface area contributed by atoms with Crippen LogP contribution >= 0.6 is 0 Å². The highest BCUT2D eigenvalue weighted by Gasteiger charge is 2.40. The third-order valence-corrected chi connectivity index (χ3v) is 9.51. The summed E-state index contributed by atoms with van der Waals surface area (Å²) >= 11 is 0. The van der Waals surface area contributed by atoms with E-state index in [2.05, 4.69) is 58.7 Å². The van der Waals surface area contributed by atoms with Crippen molar-refractivity contribution >= 4 is 29.6 Å². The van der Waals surface area contributed by atoms with Crippen molar-refractivity contribution < 1.29 is 48.5 Å². The number of esters is 2. The average molecular weight is 756 g/mol. The highest BCUT2D eigenvalue weighted by Crippen LogP contribution is 2.42. The van der Waals surface area contributed by atoms with Gasteiger partial charge in [0.2, 0.25) is 0 Å². The standard InChI is InChI=1S/C37H41N3O7.C4H4O4/c1-26-32(34(28-11-10-16-31(25-28)40(43)44)33(27(2)38-26)36(42)47-24-23-45-3)35(41)46-22-21-39-19-17-37(18-20-39,29-12-6-4-7-13-29)30-14-8-5-9-15-30;5-3(6)1-2-4(7)8/h4-16,25,34,38H,17-24H2,1-3H3;1-2H,(H,5,6)(H,7,8). The first-order valence-electron chi connectivity index (χ1n) is 17.6. The number of carbonyl (C=O) groups is 4. The molecule has 1 atom stereocenters. The lowest BCUT2D eigenvalue weighted by Gasteiger charge is -2.43. The molecule has 0 bridgehead atoms. The van der Waals surface area contributed by atoms with Crippen molar-refractivity contribution in [2.24, 2.45) is 0 Å². The number of non-ortho nitro benzene ring substituents is 1. The van der Waals surface area contributed by atoms with Crippen LogP contribution in [0, 0.1) is 10.1 Å². The second kappa shape index (κ2) is 19.8. The van der Waals surface area contributed by atoms with E-state index in [1.54, 1.807) is 19.9 Å². The molecule has 0 spiro atoms. The van der Waals surface area contributed by atoms with E-state index >= 15 is 0 Å². The normalized spacial score (nSPS) is 16.7. The van der Waals surface area contributed by atoms with Crippen molar-refractivity contribution in [3.05, 3.63) is 146 Å². The molecule has 14 heteroatoms. The lowest BCUT2D eigenvalue weighted by molar-refractivity contribution is -0.384. The van der Waals surface area contributed by atoms with Crippen LogP contribution in [0.5, 0.6) is 0 Å². The van der Waals surface area contributed by atoms with Crippen LogP contribution in [0.4, 0.5) is 5.69 Å². The molecule has 5 rings (SSSR count). The highest BCUT2D eigenvalue weighted by atomic mass is 16.6. The molecule has 0 amide bonds. The van der Waals surface area contributed by atoms with Gasteiger partial charge in [-0.2, -0.15) is 0 Å². The summed E-state index contributed by atoms with van der Waals surface area (Å²) in [6.45, 7) is 6.03.